The molecule has 0 amide bonds. The Hall–Kier alpha value is -3.05. The van der Waals surface area contributed by atoms with Crippen molar-refractivity contribution in [2.24, 2.45) is 0 Å². The molecule has 0 spiro atoms. The van der Waals surface area contributed by atoms with E-state index in [9.17, 15) is 15.0 Å². The number of carbonyl (C=O) groups excluding carboxylic acids is 2. The van der Waals surface area contributed by atoms with Gasteiger partial charge in [0.1, 0.15) is 6.10 Å². The van der Waals surface area contributed by atoms with Crippen LogP contribution in [0.5, 0.6) is 0 Å². The van der Waals surface area contributed by atoms with E-state index in [1.807, 2.05) is 25.1 Å². The van der Waals surface area contributed by atoms with E-state index in [1.54, 1.807) is 30.3 Å². The van der Waals surface area contributed by atoms with Crippen molar-refractivity contribution >= 4 is 22.5 Å². The number of pyridine rings is 1. The molecule has 1 heterocycles. The first-order valence-corrected chi connectivity index (χ1v) is 8.39. The number of benzene rings is 2. The number of hydrogen-bond donors (Lipinski definition) is 1. The minimum absolute atomic E-state index is 0.0984. The third-order valence-corrected chi connectivity index (χ3v) is 4.37. The molecule has 1 aromatic heterocycles. The molecule has 2 aromatic carbocycles. The Bertz CT molecular complexity index is 1020. The molecule has 1 unspecified atom stereocenters. The number of Topliss-reactive ketones (excluding diaryl/α,β-unsaturated/α-hetero) is 2. The van der Waals surface area contributed by atoms with Crippen LogP contribution in [-0.2, 0) is 16.0 Å². The van der Waals surface area contributed by atoms with Crippen LogP contribution in [0.3, 0.4) is 0 Å². The zero-order valence-corrected chi connectivity index (χ0v) is 14.7. The summed E-state index contributed by atoms with van der Waals surface area (Å²) in [5.74, 6) is -1.29. The fraction of sp³-hybridized carbons (Fsp3) is 0.190. The van der Waals surface area contributed by atoms with E-state index in [1.165, 1.54) is 13.2 Å². The summed E-state index contributed by atoms with van der Waals surface area (Å²) in [4.78, 5) is 28.2. The summed E-state index contributed by atoms with van der Waals surface area (Å²) in [6.07, 6.45) is -0.275. The maximum absolute atomic E-state index is 12.8. The van der Waals surface area contributed by atoms with Crippen LogP contribution >= 0.6 is 0 Å². The van der Waals surface area contributed by atoms with Gasteiger partial charge in [-0.05, 0) is 30.2 Å². The maximum Gasteiger partial charge on any atom is 0.236 e. The van der Waals surface area contributed by atoms with Crippen LogP contribution in [0.25, 0.3) is 10.9 Å². The van der Waals surface area contributed by atoms with Gasteiger partial charge in [0.15, 0.2) is 5.49 Å². The largest absolute Gasteiger partial charge is 0.368 e. The molecule has 0 saturated heterocycles. The molecule has 1 atom stereocenters. The fourth-order valence-electron chi connectivity index (χ4n) is 3.00. The Morgan fingerprint density at radius 3 is 2.50 bits per heavy atom. The number of aryl methyl sites for hydroxylation is 1. The number of ketones is 2. The number of hydrogen-bond acceptors (Lipinski definition) is 3. The zero-order chi connectivity index (χ0) is 18.7. The quantitative estimate of drug-likeness (QED) is 0.550. The van der Waals surface area contributed by atoms with Crippen LogP contribution in [-0.4, -0.2) is 23.7 Å². The van der Waals surface area contributed by atoms with Gasteiger partial charge in [-0.1, -0.05) is 43.3 Å². The molecule has 0 saturated carbocycles. The van der Waals surface area contributed by atoms with Gasteiger partial charge in [0, 0.05) is 29.1 Å². The van der Waals surface area contributed by atoms with Gasteiger partial charge in [0.05, 0.1) is 0 Å². The van der Waals surface area contributed by atoms with Crippen LogP contribution in [0, 0.1) is 0 Å². The predicted octanol–water partition coefficient (Wildman–Crippen LogP) is 2.57. The second-order valence-electron chi connectivity index (χ2n) is 6.02. The number of carbonyl (C=O) groups is 2. The summed E-state index contributed by atoms with van der Waals surface area (Å²) in [5.41, 5.74) is 2.42. The van der Waals surface area contributed by atoms with Crippen LogP contribution in [0.15, 0.2) is 54.6 Å². The van der Waals surface area contributed by atoms with Crippen molar-refractivity contribution in [3.8, 4) is 0 Å². The van der Waals surface area contributed by atoms with Crippen LogP contribution in [0.1, 0.15) is 34.5 Å². The van der Waals surface area contributed by atoms with Crippen LogP contribution in [0.4, 0.5) is 0 Å². The van der Waals surface area contributed by atoms with Gasteiger partial charge in [-0.25, -0.2) is 0 Å². The van der Waals surface area contributed by atoms with E-state index >= 15 is 0 Å². The van der Waals surface area contributed by atoms with Crippen molar-refractivity contribution in [2.75, 3.05) is 7.11 Å². The average molecular weight is 347 g/mol. The highest BCUT2D eigenvalue weighted by Crippen LogP contribution is 2.27. The Balaban J connectivity index is 2.11. The van der Waals surface area contributed by atoms with Crippen molar-refractivity contribution < 1.29 is 14.3 Å². The maximum atomic E-state index is 12.8. The lowest BCUT2D eigenvalue weighted by Crippen LogP contribution is -2.25. The normalized spacial score (nSPS) is 12.1. The molecule has 26 heavy (non-hydrogen) atoms. The smallest absolute Gasteiger partial charge is 0.236 e. The van der Waals surface area contributed by atoms with Gasteiger partial charge in [-0.3, -0.25) is 9.59 Å². The Labute approximate surface area is 151 Å². The Morgan fingerprint density at radius 1 is 1.12 bits per heavy atom. The SMILES string of the molecule is CCc1ccc2[nH]c(=[N])cc(C(OC)C(=O)C(=O)c3ccccc3)c2c1. The Kier molecular flexibility index (Phi) is 5.09. The first kappa shape index (κ1) is 17.8. The zero-order valence-electron chi connectivity index (χ0n) is 14.7. The van der Waals surface area contributed by atoms with Gasteiger partial charge in [0.25, 0.3) is 0 Å². The average Bonchev–Trinajstić information content (AvgIpc) is 2.68. The number of ether oxygens (including phenoxy) is 1. The number of aromatic amines is 1. The Morgan fingerprint density at radius 2 is 1.85 bits per heavy atom. The van der Waals surface area contributed by atoms with Crippen molar-refractivity contribution in [1.29, 1.82) is 0 Å². The van der Waals surface area contributed by atoms with E-state index in [0.29, 0.717) is 16.6 Å². The first-order chi connectivity index (χ1) is 12.5. The molecule has 131 valence electrons. The van der Waals surface area contributed by atoms with Crippen molar-refractivity contribution in [1.82, 2.24) is 10.4 Å². The molecule has 0 aliphatic carbocycles. The highest BCUT2D eigenvalue weighted by molar-refractivity contribution is 6.45. The second kappa shape index (κ2) is 7.45. The topological polar surface area (TPSA) is 81.5 Å². The summed E-state index contributed by atoms with van der Waals surface area (Å²) >= 11 is 0. The molecular weight excluding hydrogens is 328 g/mol. The van der Waals surface area contributed by atoms with E-state index < -0.39 is 17.7 Å². The molecule has 3 rings (SSSR count). The number of aromatic nitrogens is 1. The van der Waals surface area contributed by atoms with Crippen molar-refractivity contribution in [3.05, 3.63) is 76.8 Å². The summed E-state index contributed by atoms with van der Waals surface area (Å²) in [6, 6.07) is 15.5. The fourth-order valence-corrected chi connectivity index (χ4v) is 3.00. The van der Waals surface area contributed by atoms with Gasteiger partial charge in [0.2, 0.25) is 11.6 Å². The van der Waals surface area contributed by atoms with E-state index in [4.69, 9.17) is 4.74 Å². The lowest BCUT2D eigenvalue weighted by Gasteiger charge is -2.16. The predicted molar refractivity (Wildman–Crippen MR) is 98.5 cm³/mol. The minimum Gasteiger partial charge on any atom is -0.368 e. The van der Waals surface area contributed by atoms with Crippen LogP contribution < -0.4 is 10.9 Å². The highest BCUT2D eigenvalue weighted by atomic mass is 16.5. The number of nitrogens with zero attached hydrogens (tertiary/aromatic N) is 1. The number of fused-ring (bicyclic) bond motifs is 1. The van der Waals surface area contributed by atoms with Gasteiger partial charge in [-0.2, -0.15) is 0 Å². The summed E-state index contributed by atoms with van der Waals surface area (Å²) in [6.45, 7) is 2.03. The molecule has 0 fully saturated rings. The van der Waals surface area contributed by atoms with Crippen molar-refractivity contribution in [3.63, 3.8) is 0 Å². The lowest BCUT2D eigenvalue weighted by atomic mass is 9.95. The summed E-state index contributed by atoms with van der Waals surface area (Å²) in [5, 5.41) is 10.8. The molecule has 0 bridgehead atoms. The molecule has 5 heteroatoms. The van der Waals surface area contributed by atoms with Gasteiger partial charge >= 0.3 is 0 Å². The molecule has 0 aliphatic heterocycles. The minimum atomic E-state index is -1.10. The molecule has 5 nitrogen and oxygen atoms in total. The lowest BCUT2D eigenvalue weighted by molar-refractivity contribution is -0.124. The molecule has 1 N–H and O–H groups in total. The number of methoxy groups -OCH3 is 1. The third-order valence-electron chi connectivity index (χ3n) is 4.37. The first-order valence-electron chi connectivity index (χ1n) is 8.39. The molecule has 1 radical (unpaired) electrons. The number of H-pyrrole nitrogens is 1. The molecule has 3 aromatic rings. The summed E-state index contributed by atoms with van der Waals surface area (Å²) in [7, 11) is 1.38. The molecule has 0 aliphatic rings. The van der Waals surface area contributed by atoms with Crippen molar-refractivity contribution in [2.45, 2.75) is 19.4 Å². The second-order valence-corrected chi connectivity index (χ2v) is 6.02. The molecular formula is C21H19N2O3. The van der Waals surface area contributed by atoms with E-state index in [2.05, 4.69) is 4.98 Å². The van der Waals surface area contributed by atoms with E-state index in [0.717, 1.165) is 17.4 Å². The highest BCUT2D eigenvalue weighted by Gasteiger charge is 2.29. The van der Waals surface area contributed by atoms with Gasteiger partial charge < -0.3 is 9.72 Å². The standard InChI is InChI=1S/C21H19N2O3/c1-3-13-9-10-17-15(11-13)16(12-18(22)23-17)21(26-2)20(25)19(24)14-7-5-4-6-8-14/h4-12,21,23H,3H2,1-2H3. The van der Waals surface area contributed by atoms with Crippen LogP contribution in [0.2, 0.25) is 0 Å². The van der Waals surface area contributed by atoms with Gasteiger partial charge in [-0.15, -0.1) is 5.41 Å². The monoisotopic (exact) mass is 347 g/mol. The van der Waals surface area contributed by atoms with E-state index in [-0.39, 0.29) is 5.49 Å². The number of rotatable bonds is 6. The summed E-state index contributed by atoms with van der Waals surface area (Å²) < 4.78 is 5.38. The number of nitrogens with one attached hydrogen (secondary N) is 1. The third kappa shape index (κ3) is 3.34.